The lowest BCUT2D eigenvalue weighted by molar-refractivity contribution is -0.282. The van der Waals surface area contributed by atoms with Crippen molar-refractivity contribution in [3.63, 3.8) is 0 Å². The van der Waals surface area contributed by atoms with Gasteiger partial charge in [0.05, 0.1) is 18.7 Å². The van der Waals surface area contributed by atoms with Gasteiger partial charge in [-0.2, -0.15) is 0 Å². The maximum Gasteiger partial charge on any atom is 0.364 e. The largest absolute Gasteiger partial charge is 0.477 e. The molecule has 0 bridgehead atoms. The SMILES string of the molecule is CC(=O)N[C@H]1[C@H]([C@H](O)[C@H](O)CO)O[C@](O)(C(=O)O)C[C@@H]1N=C(N)N. The number of hydrogen-bond acceptors (Lipinski definition) is 8. The molecule has 12 heteroatoms. The lowest BCUT2D eigenvalue weighted by atomic mass is 9.87. The quantitative estimate of drug-likeness (QED) is 0.169. The standard InChI is InChI=1S/C12H22N4O8/c1-4(18)15-7-5(16-11(13)14)2-12(23,10(21)22)24-9(7)8(20)6(19)3-17/h5-9,17,19-20,23H,2-3H2,1H3,(H,15,18)(H,21,22)(H4,13,14,16)/t5-,6+,7+,8+,9+,12-/m0/s1. The first-order valence-electron chi connectivity index (χ1n) is 6.98. The minimum Gasteiger partial charge on any atom is -0.477 e. The maximum absolute atomic E-state index is 11.4. The second-order valence-corrected chi connectivity index (χ2v) is 5.46. The highest BCUT2D eigenvalue weighted by molar-refractivity contribution is 5.78. The summed E-state index contributed by atoms with van der Waals surface area (Å²) in [5, 5.41) is 50.3. The summed E-state index contributed by atoms with van der Waals surface area (Å²) in [5.74, 6) is -5.55. The molecule has 0 aromatic carbocycles. The summed E-state index contributed by atoms with van der Waals surface area (Å²) < 4.78 is 5.01. The molecule has 0 aliphatic carbocycles. The summed E-state index contributed by atoms with van der Waals surface area (Å²) in [6, 6.07) is -2.33. The molecule has 1 aliphatic heterocycles. The van der Waals surface area contributed by atoms with Crippen molar-refractivity contribution < 1.29 is 39.9 Å². The van der Waals surface area contributed by atoms with E-state index in [4.69, 9.17) is 26.4 Å². The third-order valence-electron chi connectivity index (χ3n) is 3.52. The minimum absolute atomic E-state index is 0.444. The molecule has 10 N–H and O–H groups in total. The number of aliphatic imine (C=N–C) groups is 1. The lowest BCUT2D eigenvalue weighted by Gasteiger charge is -2.45. The van der Waals surface area contributed by atoms with Crippen molar-refractivity contribution in [3.8, 4) is 0 Å². The predicted molar refractivity (Wildman–Crippen MR) is 78.4 cm³/mol. The molecule has 0 radical (unpaired) electrons. The fraction of sp³-hybridized carbons (Fsp3) is 0.750. The molecule has 0 aromatic heterocycles. The molecule has 24 heavy (non-hydrogen) atoms. The zero-order chi connectivity index (χ0) is 18.7. The topological polar surface area (TPSA) is 221 Å². The fourth-order valence-electron chi connectivity index (χ4n) is 2.45. The number of amides is 1. The molecule has 0 spiro atoms. The van der Waals surface area contributed by atoms with E-state index in [0.29, 0.717) is 0 Å². The van der Waals surface area contributed by atoms with E-state index in [1.807, 2.05) is 0 Å². The van der Waals surface area contributed by atoms with Crippen molar-refractivity contribution in [2.45, 2.75) is 49.5 Å². The van der Waals surface area contributed by atoms with Crippen molar-refractivity contribution in [3.05, 3.63) is 0 Å². The number of carbonyl (C=O) groups excluding carboxylic acids is 1. The molecular formula is C12H22N4O8. The van der Waals surface area contributed by atoms with E-state index in [1.165, 1.54) is 0 Å². The van der Waals surface area contributed by atoms with Gasteiger partial charge in [0.1, 0.15) is 18.3 Å². The molecule has 1 fully saturated rings. The Morgan fingerprint density at radius 1 is 1.42 bits per heavy atom. The Labute approximate surface area is 136 Å². The minimum atomic E-state index is -2.76. The number of ether oxygens (including phenoxy) is 1. The molecule has 138 valence electrons. The Balaban J connectivity index is 3.31. The third-order valence-corrected chi connectivity index (χ3v) is 3.52. The molecule has 12 nitrogen and oxygen atoms in total. The number of aliphatic carboxylic acids is 1. The van der Waals surface area contributed by atoms with Crippen molar-refractivity contribution in [2.24, 2.45) is 16.5 Å². The van der Waals surface area contributed by atoms with Crippen LogP contribution in [-0.2, 0) is 14.3 Å². The third kappa shape index (κ3) is 4.52. The number of carboxylic acids is 1. The first-order valence-corrected chi connectivity index (χ1v) is 6.98. The van der Waals surface area contributed by atoms with Crippen molar-refractivity contribution in [2.75, 3.05) is 6.61 Å². The van der Waals surface area contributed by atoms with E-state index >= 15 is 0 Å². The van der Waals surface area contributed by atoms with Gasteiger partial charge in [-0.05, 0) is 0 Å². The van der Waals surface area contributed by atoms with E-state index in [1.54, 1.807) is 0 Å². The number of aliphatic hydroxyl groups is 4. The Hall–Kier alpha value is -1.99. The first-order chi connectivity index (χ1) is 11.0. The zero-order valence-electron chi connectivity index (χ0n) is 12.9. The van der Waals surface area contributed by atoms with Gasteiger partial charge in [0.25, 0.3) is 5.79 Å². The van der Waals surface area contributed by atoms with Gasteiger partial charge in [-0.1, -0.05) is 0 Å². The average Bonchev–Trinajstić information content (AvgIpc) is 2.47. The summed E-state index contributed by atoms with van der Waals surface area (Å²) in [6.45, 7) is 0.281. The van der Waals surface area contributed by atoms with Crippen LogP contribution in [0.1, 0.15) is 13.3 Å². The van der Waals surface area contributed by atoms with Gasteiger partial charge >= 0.3 is 5.97 Å². The van der Waals surface area contributed by atoms with Crippen LogP contribution in [-0.4, -0.2) is 86.2 Å². The molecule has 0 aromatic rings. The number of aliphatic hydroxyl groups excluding tert-OH is 3. The van der Waals surface area contributed by atoms with E-state index in [0.717, 1.165) is 6.92 Å². The van der Waals surface area contributed by atoms with Crippen LogP contribution in [0.2, 0.25) is 0 Å². The number of rotatable bonds is 6. The summed E-state index contributed by atoms with van der Waals surface area (Å²) in [7, 11) is 0. The van der Waals surface area contributed by atoms with Gasteiger partial charge in [0, 0.05) is 13.3 Å². The van der Waals surface area contributed by atoms with E-state index < -0.39 is 67.0 Å². The Kier molecular flexibility index (Phi) is 6.45. The van der Waals surface area contributed by atoms with Crippen LogP contribution in [0.4, 0.5) is 0 Å². The van der Waals surface area contributed by atoms with Crippen LogP contribution in [0.5, 0.6) is 0 Å². The highest BCUT2D eigenvalue weighted by atomic mass is 16.7. The van der Waals surface area contributed by atoms with Crippen LogP contribution >= 0.6 is 0 Å². The fourth-order valence-corrected chi connectivity index (χ4v) is 2.45. The van der Waals surface area contributed by atoms with E-state index in [-0.39, 0.29) is 0 Å². The predicted octanol–water partition coefficient (Wildman–Crippen LogP) is -4.59. The zero-order valence-corrected chi connectivity index (χ0v) is 12.9. The van der Waals surface area contributed by atoms with Crippen LogP contribution < -0.4 is 16.8 Å². The number of guanidine groups is 1. The highest BCUT2D eigenvalue weighted by Gasteiger charge is 2.54. The lowest BCUT2D eigenvalue weighted by Crippen LogP contribution is -2.67. The monoisotopic (exact) mass is 350 g/mol. The summed E-state index contributed by atoms with van der Waals surface area (Å²) in [4.78, 5) is 26.4. The average molecular weight is 350 g/mol. The molecule has 1 aliphatic rings. The van der Waals surface area contributed by atoms with Crippen molar-refractivity contribution in [1.29, 1.82) is 0 Å². The molecule has 1 rings (SSSR count). The van der Waals surface area contributed by atoms with Crippen molar-refractivity contribution in [1.82, 2.24) is 5.32 Å². The number of nitrogens with one attached hydrogen (secondary N) is 1. The van der Waals surface area contributed by atoms with Gasteiger partial charge < -0.3 is 47.1 Å². The number of carboxylic acid groups (broad SMARTS) is 1. The molecule has 0 unspecified atom stereocenters. The Morgan fingerprint density at radius 2 is 2.00 bits per heavy atom. The van der Waals surface area contributed by atoms with Gasteiger partial charge in [-0.15, -0.1) is 0 Å². The molecule has 1 saturated heterocycles. The van der Waals surface area contributed by atoms with Gasteiger partial charge in [0.2, 0.25) is 5.91 Å². The number of hydrogen-bond donors (Lipinski definition) is 8. The van der Waals surface area contributed by atoms with Gasteiger partial charge in [-0.3, -0.25) is 4.79 Å². The van der Waals surface area contributed by atoms with Gasteiger partial charge in [-0.25, -0.2) is 9.79 Å². The molecule has 1 amide bonds. The molecule has 0 saturated carbocycles. The van der Waals surface area contributed by atoms with Crippen molar-refractivity contribution >= 4 is 17.8 Å². The summed E-state index contributed by atoms with van der Waals surface area (Å²) in [5.41, 5.74) is 10.6. The summed E-state index contributed by atoms with van der Waals surface area (Å²) in [6.07, 6.45) is -5.79. The molecule has 1 heterocycles. The van der Waals surface area contributed by atoms with Crippen LogP contribution in [0.25, 0.3) is 0 Å². The Bertz CT molecular complexity index is 511. The number of nitrogens with zero attached hydrogens (tertiary/aromatic N) is 1. The van der Waals surface area contributed by atoms with Gasteiger partial charge in [0.15, 0.2) is 5.96 Å². The normalized spacial score (nSPS) is 32.5. The van der Waals surface area contributed by atoms with Crippen LogP contribution in [0.3, 0.4) is 0 Å². The maximum atomic E-state index is 11.4. The Morgan fingerprint density at radius 3 is 2.42 bits per heavy atom. The molecular weight excluding hydrogens is 328 g/mol. The first kappa shape index (κ1) is 20.1. The second kappa shape index (κ2) is 7.72. The highest BCUT2D eigenvalue weighted by Crippen LogP contribution is 2.32. The van der Waals surface area contributed by atoms with E-state index in [9.17, 15) is 24.9 Å². The summed E-state index contributed by atoms with van der Waals surface area (Å²) >= 11 is 0. The molecule has 6 atom stereocenters. The van der Waals surface area contributed by atoms with E-state index in [2.05, 4.69) is 10.3 Å². The second-order valence-electron chi connectivity index (χ2n) is 5.46. The van der Waals surface area contributed by atoms with Crippen LogP contribution in [0, 0.1) is 0 Å². The number of carbonyl (C=O) groups is 2. The smallest absolute Gasteiger partial charge is 0.364 e. The number of nitrogens with two attached hydrogens (primary N) is 2. The van der Waals surface area contributed by atoms with Crippen LogP contribution in [0.15, 0.2) is 4.99 Å².